The molecule has 0 aliphatic rings. The van der Waals surface area contributed by atoms with Gasteiger partial charge in [-0.2, -0.15) is 5.26 Å². The van der Waals surface area contributed by atoms with Crippen LogP contribution < -0.4 is 11.1 Å². The molecule has 130 valence electrons. The van der Waals surface area contributed by atoms with E-state index in [1.807, 2.05) is 6.07 Å². The van der Waals surface area contributed by atoms with Gasteiger partial charge in [-0.1, -0.05) is 23.2 Å². The number of carboxylic acid groups (broad SMARTS) is 1. The quantitative estimate of drug-likeness (QED) is 0.621. The van der Waals surface area contributed by atoms with E-state index in [2.05, 4.69) is 15.3 Å². The Morgan fingerprint density at radius 3 is 2.62 bits per heavy atom. The smallest absolute Gasteiger partial charge is 0.337 e. The van der Waals surface area contributed by atoms with Crippen molar-refractivity contribution in [2.24, 2.45) is 0 Å². The molecule has 0 atom stereocenters. The third-order valence-corrected chi connectivity index (χ3v) is 4.11. The molecule has 0 saturated heterocycles. The molecule has 2 heterocycles. The minimum atomic E-state index is -1.30. The summed E-state index contributed by atoms with van der Waals surface area (Å²) >= 11 is 11.7. The van der Waals surface area contributed by atoms with Gasteiger partial charge in [-0.25, -0.2) is 14.8 Å². The predicted molar refractivity (Wildman–Crippen MR) is 93.5 cm³/mol. The second kappa shape index (κ2) is 6.51. The molecule has 0 aliphatic carbocycles. The summed E-state index contributed by atoms with van der Waals surface area (Å²) in [4.78, 5) is 31.7. The van der Waals surface area contributed by atoms with Crippen LogP contribution in [0.4, 0.5) is 11.5 Å². The number of nitrogens with one attached hydrogen (secondary N) is 1. The van der Waals surface area contributed by atoms with E-state index in [1.165, 1.54) is 22.7 Å². The maximum absolute atomic E-state index is 12.5. The first-order chi connectivity index (χ1) is 12.3. The molecule has 0 radical (unpaired) electrons. The summed E-state index contributed by atoms with van der Waals surface area (Å²) in [6.07, 6.45) is 1.27. The third kappa shape index (κ3) is 2.99. The van der Waals surface area contributed by atoms with Crippen LogP contribution in [0.5, 0.6) is 0 Å². The summed E-state index contributed by atoms with van der Waals surface area (Å²) in [6, 6.07) is 5.48. The molecular formula is C15H8Cl2N6O3. The molecule has 1 aromatic carbocycles. The Morgan fingerprint density at radius 2 is 1.96 bits per heavy atom. The van der Waals surface area contributed by atoms with Crippen molar-refractivity contribution in [3.63, 3.8) is 0 Å². The van der Waals surface area contributed by atoms with E-state index >= 15 is 0 Å². The Labute approximate surface area is 155 Å². The van der Waals surface area contributed by atoms with Gasteiger partial charge >= 0.3 is 5.97 Å². The lowest BCUT2D eigenvalue weighted by molar-refractivity contribution is 0.0698. The van der Waals surface area contributed by atoms with Crippen molar-refractivity contribution >= 4 is 52.4 Å². The van der Waals surface area contributed by atoms with Gasteiger partial charge in [0, 0.05) is 6.07 Å². The van der Waals surface area contributed by atoms with Gasteiger partial charge in [0.2, 0.25) is 5.78 Å². The normalized spacial score (nSPS) is 10.5. The number of imidazole rings is 1. The number of halogens is 2. The first kappa shape index (κ1) is 17.5. The number of carboxylic acids is 1. The summed E-state index contributed by atoms with van der Waals surface area (Å²) in [5.74, 6) is -1.91. The van der Waals surface area contributed by atoms with Gasteiger partial charge in [0.25, 0.3) is 5.91 Å². The molecule has 2 aromatic heterocycles. The number of aromatic nitrogens is 3. The second-order valence-electron chi connectivity index (χ2n) is 5.03. The Bertz CT molecular complexity index is 1120. The Morgan fingerprint density at radius 1 is 1.27 bits per heavy atom. The molecule has 9 nitrogen and oxygen atoms in total. The van der Waals surface area contributed by atoms with Gasteiger partial charge < -0.3 is 16.2 Å². The molecule has 1 amide bonds. The lowest BCUT2D eigenvalue weighted by atomic mass is 10.1. The zero-order valence-corrected chi connectivity index (χ0v) is 14.2. The summed E-state index contributed by atoms with van der Waals surface area (Å²) in [7, 11) is 0. The molecular weight excluding hydrogens is 383 g/mol. The molecule has 0 bridgehead atoms. The highest BCUT2D eigenvalue weighted by atomic mass is 35.5. The molecule has 3 rings (SSSR count). The van der Waals surface area contributed by atoms with Crippen molar-refractivity contribution in [3.8, 4) is 6.07 Å². The SMILES string of the molecule is N#Cc1cnc2nc(C(=O)Nc3cc(Cl)c(Cl)cc3C(=O)O)cc(N)n12. The molecule has 0 spiro atoms. The van der Waals surface area contributed by atoms with Gasteiger partial charge in [-0.3, -0.25) is 9.20 Å². The Balaban J connectivity index is 2.02. The van der Waals surface area contributed by atoms with Gasteiger partial charge in [0.1, 0.15) is 23.3 Å². The van der Waals surface area contributed by atoms with E-state index in [-0.39, 0.29) is 44.3 Å². The van der Waals surface area contributed by atoms with E-state index in [0.717, 1.165) is 6.07 Å². The summed E-state index contributed by atoms with van der Waals surface area (Å²) in [5.41, 5.74) is 5.60. The van der Waals surface area contributed by atoms with Crippen molar-refractivity contribution in [2.75, 3.05) is 11.1 Å². The van der Waals surface area contributed by atoms with E-state index in [4.69, 9.17) is 34.2 Å². The standard InChI is InChI=1S/C15H8Cl2N6O3/c16-8-1-7(14(25)26)10(2-9(8)17)21-13(24)11-3-12(19)23-6(4-18)5-20-15(23)22-11/h1-3,5H,19H2,(H,21,24)(H,25,26). The number of rotatable bonds is 3. The van der Waals surface area contributed by atoms with E-state index < -0.39 is 11.9 Å². The van der Waals surface area contributed by atoms with Crippen molar-refractivity contribution in [1.29, 1.82) is 5.26 Å². The van der Waals surface area contributed by atoms with Crippen LogP contribution in [-0.2, 0) is 0 Å². The second-order valence-corrected chi connectivity index (χ2v) is 5.84. The highest BCUT2D eigenvalue weighted by Gasteiger charge is 2.19. The van der Waals surface area contributed by atoms with Crippen LogP contribution in [0, 0.1) is 11.3 Å². The molecule has 4 N–H and O–H groups in total. The highest BCUT2D eigenvalue weighted by molar-refractivity contribution is 6.42. The molecule has 11 heteroatoms. The number of amides is 1. The fraction of sp³-hybridized carbons (Fsp3) is 0. The number of carbonyl (C=O) groups excluding carboxylic acids is 1. The van der Waals surface area contributed by atoms with Gasteiger partial charge in [0.05, 0.1) is 27.5 Å². The van der Waals surface area contributed by atoms with Crippen molar-refractivity contribution in [3.05, 3.63) is 51.4 Å². The number of hydrogen-bond donors (Lipinski definition) is 3. The number of anilines is 2. The number of nitrogen functional groups attached to an aromatic ring is 1. The molecule has 0 fully saturated rings. The highest BCUT2D eigenvalue weighted by Crippen LogP contribution is 2.29. The number of nitrogens with zero attached hydrogens (tertiary/aromatic N) is 4. The average Bonchev–Trinajstić information content (AvgIpc) is 3.01. The summed E-state index contributed by atoms with van der Waals surface area (Å²) < 4.78 is 1.28. The van der Waals surface area contributed by atoms with E-state index in [1.54, 1.807) is 0 Å². The van der Waals surface area contributed by atoms with E-state index in [0.29, 0.717) is 0 Å². The predicted octanol–water partition coefficient (Wildman–Crippen LogP) is 2.44. The number of aromatic carboxylic acids is 1. The van der Waals surface area contributed by atoms with Crippen LogP contribution in [0.3, 0.4) is 0 Å². The lowest BCUT2D eigenvalue weighted by Gasteiger charge is -2.10. The fourth-order valence-electron chi connectivity index (χ4n) is 2.23. The van der Waals surface area contributed by atoms with Crippen molar-refractivity contribution < 1.29 is 14.7 Å². The zero-order valence-electron chi connectivity index (χ0n) is 12.7. The maximum atomic E-state index is 12.5. The minimum Gasteiger partial charge on any atom is -0.478 e. The molecule has 0 unspecified atom stereocenters. The van der Waals surface area contributed by atoms with Gasteiger partial charge in [-0.05, 0) is 12.1 Å². The largest absolute Gasteiger partial charge is 0.478 e. The van der Waals surface area contributed by atoms with Gasteiger partial charge in [0.15, 0.2) is 0 Å². The van der Waals surface area contributed by atoms with Crippen molar-refractivity contribution in [2.45, 2.75) is 0 Å². The number of nitrogens with two attached hydrogens (primary N) is 1. The van der Waals surface area contributed by atoms with Gasteiger partial charge in [-0.15, -0.1) is 0 Å². The van der Waals surface area contributed by atoms with Crippen LogP contribution in [0.2, 0.25) is 10.0 Å². The first-order valence-corrected chi connectivity index (χ1v) is 7.65. The van der Waals surface area contributed by atoms with Crippen LogP contribution in [0.25, 0.3) is 5.78 Å². The summed E-state index contributed by atoms with van der Waals surface area (Å²) in [5, 5.41) is 20.8. The van der Waals surface area contributed by atoms with Crippen LogP contribution in [0.1, 0.15) is 26.5 Å². The minimum absolute atomic E-state index is 0.0345. The molecule has 0 aliphatic heterocycles. The Hall–Kier alpha value is -3.35. The number of nitriles is 1. The first-order valence-electron chi connectivity index (χ1n) is 6.89. The fourth-order valence-corrected chi connectivity index (χ4v) is 2.56. The number of benzene rings is 1. The third-order valence-electron chi connectivity index (χ3n) is 3.39. The average molecular weight is 391 g/mol. The van der Waals surface area contributed by atoms with Crippen molar-refractivity contribution in [1.82, 2.24) is 14.4 Å². The molecule has 0 saturated carbocycles. The van der Waals surface area contributed by atoms with Crippen LogP contribution in [0.15, 0.2) is 24.4 Å². The van der Waals surface area contributed by atoms with Crippen LogP contribution >= 0.6 is 23.2 Å². The lowest BCUT2D eigenvalue weighted by Crippen LogP contribution is -2.17. The monoisotopic (exact) mass is 390 g/mol. The topological polar surface area (TPSA) is 146 Å². The van der Waals surface area contributed by atoms with Crippen LogP contribution in [-0.4, -0.2) is 31.4 Å². The summed E-state index contributed by atoms with van der Waals surface area (Å²) in [6.45, 7) is 0. The number of fused-ring (bicyclic) bond motifs is 1. The molecule has 26 heavy (non-hydrogen) atoms. The Kier molecular flexibility index (Phi) is 4.38. The van der Waals surface area contributed by atoms with E-state index in [9.17, 15) is 14.7 Å². The molecule has 3 aromatic rings. The number of carbonyl (C=O) groups is 2. The number of hydrogen-bond acceptors (Lipinski definition) is 6. The zero-order chi connectivity index (χ0) is 19.0. The maximum Gasteiger partial charge on any atom is 0.337 e.